The van der Waals surface area contributed by atoms with Crippen LogP contribution in [0.15, 0.2) is 54.9 Å². The van der Waals surface area contributed by atoms with Gasteiger partial charge in [0.1, 0.15) is 0 Å². The number of fused-ring (bicyclic) bond motifs is 1. The third-order valence-corrected chi connectivity index (χ3v) is 4.61. The lowest BCUT2D eigenvalue weighted by molar-refractivity contribution is 0.556. The first-order chi connectivity index (χ1) is 12.6. The largest absolute Gasteiger partial charge is 0.304 e. The zero-order valence-corrected chi connectivity index (χ0v) is 15.2. The van der Waals surface area contributed by atoms with E-state index in [-0.39, 0.29) is 6.04 Å². The highest BCUT2D eigenvalue weighted by atomic mass is 15.3. The molecule has 0 fully saturated rings. The molecule has 3 aromatic heterocycles. The lowest BCUT2D eigenvalue weighted by Gasteiger charge is -2.16. The molecule has 0 aliphatic rings. The molecule has 132 valence electrons. The number of hydrogen-bond acceptors (Lipinski definition) is 4. The number of nitrogens with one attached hydrogen (secondary N) is 1. The summed E-state index contributed by atoms with van der Waals surface area (Å²) < 4.78 is 3.81. The number of benzene rings is 1. The SMILES string of the molecule is Cc1cc2ncc([C@@H](C)NCc3ccn(-c4ccccc4)n3)c(C)n2n1. The third-order valence-electron chi connectivity index (χ3n) is 4.61. The minimum atomic E-state index is 0.151. The average molecular weight is 346 g/mol. The van der Waals surface area contributed by atoms with Crippen molar-refractivity contribution in [2.75, 3.05) is 0 Å². The number of para-hydroxylation sites is 1. The minimum Gasteiger partial charge on any atom is -0.304 e. The summed E-state index contributed by atoms with van der Waals surface area (Å²) in [6.07, 6.45) is 3.93. The number of aromatic nitrogens is 5. The summed E-state index contributed by atoms with van der Waals surface area (Å²) in [6, 6.07) is 14.3. The van der Waals surface area contributed by atoms with Crippen molar-refractivity contribution < 1.29 is 0 Å². The van der Waals surface area contributed by atoms with Gasteiger partial charge >= 0.3 is 0 Å². The van der Waals surface area contributed by atoms with Crippen LogP contribution in [0, 0.1) is 13.8 Å². The average Bonchev–Trinajstić information content (AvgIpc) is 3.27. The Morgan fingerprint density at radius 3 is 2.69 bits per heavy atom. The zero-order valence-electron chi connectivity index (χ0n) is 15.2. The van der Waals surface area contributed by atoms with Gasteiger partial charge in [0, 0.05) is 42.3 Å². The summed E-state index contributed by atoms with van der Waals surface area (Å²) in [4.78, 5) is 4.52. The Hall–Kier alpha value is -2.99. The first-order valence-corrected chi connectivity index (χ1v) is 8.77. The van der Waals surface area contributed by atoms with Gasteiger partial charge in [-0.25, -0.2) is 14.2 Å². The van der Waals surface area contributed by atoms with Crippen molar-refractivity contribution in [3.8, 4) is 5.69 Å². The van der Waals surface area contributed by atoms with E-state index >= 15 is 0 Å². The molecule has 0 aliphatic carbocycles. The molecule has 1 aromatic carbocycles. The third kappa shape index (κ3) is 3.11. The Labute approximate surface area is 152 Å². The summed E-state index contributed by atoms with van der Waals surface area (Å²) >= 11 is 0. The monoisotopic (exact) mass is 346 g/mol. The molecule has 0 saturated heterocycles. The van der Waals surface area contributed by atoms with Crippen molar-refractivity contribution in [1.29, 1.82) is 0 Å². The normalized spacial score (nSPS) is 12.6. The van der Waals surface area contributed by atoms with E-state index in [4.69, 9.17) is 0 Å². The van der Waals surface area contributed by atoms with Crippen LogP contribution in [-0.4, -0.2) is 24.4 Å². The first-order valence-electron chi connectivity index (χ1n) is 8.77. The fourth-order valence-corrected chi connectivity index (χ4v) is 3.15. The van der Waals surface area contributed by atoms with Crippen LogP contribution in [0.4, 0.5) is 0 Å². The van der Waals surface area contributed by atoms with Gasteiger partial charge in [0.05, 0.1) is 17.1 Å². The Kier molecular flexibility index (Phi) is 4.26. The fraction of sp³-hybridized carbons (Fsp3) is 0.250. The summed E-state index contributed by atoms with van der Waals surface area (Å²) in [6.45, 7) is 6.90. The van der Waals surface area contributed by atoms with E-state index in [1.807, 2.05) is 71.0 Å². The van der Waals surface area contributed by atoms with E-state index < -0.39 is 0 Å². The van der Waals surface area contributed by atoms with E-state index in [2.05, 4.69) is 34.3 Å². The van der Waals surface area contributed by atoms with Crippen LogP contribution in [0.25, 0.3) is 11.3 Å². The molecule has 0 amide bonds. The molecule has 0 bridgehead atoms. The van der Waals surface area contributed by atoms with Crippen molar-refractivity contribution >= 4 is 5.65 Å². The van der Waals surface area contributed by atoms with Crippen LogP contribution in [0.1, 0.15) is 35.6 Å². The topological polar surface area (TPSA) is 60.0 Å². The van der Waals surface area contributed by atoms with Gasteiger partial charge < -0.3 is 5.32 Å². The van der Waals surface area contributed by atoms with Gasteiger partial charge in [-0.05, 0) is 39.0 Å². The van der Waals surface area contributed by atoms with Crippen LogP contribution in [-0.2, 0) is 6.54 Å². The lowest BCUT2D eigenvalue weighted by atomic mass is 10.1. The van der Waals surface area contributed by atoms with Crippen molar-refractivity contribution in [2.24, 2.45) is 0 Å². The summed E-state index contributed by atoms with van der Waals surface area (Å²) in [7, 11) is 0. The summed E-state index contributed by atoms with van der Waals surface area (Å²) in [5.74, 6) is 0. The van der Waals surface area contributed by atoms with Crippen molar-refractivity contribution in [3.05, 3.63) is 77.5 Å². The van der Waals surface area contributed by atoms with Crippen LogP contribution in [0.5, 0.6) is 0 Å². The van der Waals surface area contributed by atoms with Crippen molar-refractivity contribution in [2.45, 2.75) is 33.4 Å². The quantitative estimate of drug-likeness (QED) is 0.602. The second-order valence-corrected chi connectivity index (χ2v) is 6.54. The molecular formula is C20H22N6. The van der Waals surface area contributed by atoms with E-state index in [9.17, 15) is 0 Å². The minimum absolute atomic E-state index is 0.151. The molecule has 0 saturated carbocycles. The van der Waals surface area contributed by atoms with Crippen molar-refractivity contribution in [3.63, 3.8) is 0 Å². The van der Waals surface area contributed by atoms with Crippen molar-refractivity contribution in [1.82, 2.24) is 29.7 Å². The Morgan fingerprint density at radius 2 is 1.88 bits per heavy atom. The second kappa shape index (κ2) is 6.72. The molecule has 6 nitrogen and oxygen atoms in total. The number of aryl methyl sites for hydroxylation is 2. The number of nitrogens with zero attached hydrogens (tertiary/aromatic N) is 5. The van der Waals surface area contributed by atoms with E-state index in [0.717, 1.165) is 34.0 Å². The molecule has 6 heteroatoms. The predicted octanol–water partition coefficient (Wildman–Crippen LogP) is 3.38. The molecular weight excluding hydrogens is 324 g/mol. The lowest BCUT2D eigenvalue weighted by Crippen LogP contribution is -2.20. The molecule has 1 atom stereocenters. The highest BCUT2D eigenvalue weighted by Gasteiger charge is 2.13. The van der Waals surface area contributed by atoms with E-state index in [1.165, 1.54) is 0 Å². The number of hydrogen-bond donors (Lipinski definition) is 1. The second-order valence-electron chi connectivity index (χ2n) is 6.54. The Bertz CT molecular complexity index is 1030. The molecule has 0 spiro atoms. The molecule has 4 rings (SSSR count). The molecule has 0 radical (unpaired) electrons. The van der Waals surface area contributed by atoms with Crippen LogP contribution >= 0.6 is 0 Å². The van der Waals surface area contributed by atoms with Gasteiger partial charge in [-0.15, -0.1) is 0 Å². The van der Waals surface area contributed by atoms with E-state index in [1.54, 1.807) is 0 Å². The van der Waals surface area contributed by atoms with Gasteiger partial charge in [0.15, 0.2) is 5.65 Å². The molecule has 26 heavy (non-hydrogen) atoms. The molecule has 3 heterocycles. The van der Waals surface area contributed by atoms with Crippen LogP contribution in [0.2, 0.25) is 0 Å². The van der Waals surface area contributed by atoms with E-state index in [0.29, 0.717) is 6.54 Å². The maximum atomic E-state index is 4.64. The molecule has 0 aliphatic heterocycles. The summed E-state index contributed by atoms with van der Waals surface area (Å²) in [5.41, 5.74) is 6.18. The molecule has 1 N–H and O–H groups in total. The Morgan fingerprint density at radius 1 is 1.08 bits per heavy atom. The standard InChI is InChI=1S/C20H22N6/c1-14-11-20-22-13-19(16(3)26(20)23-14)15(2)21-12-17-9-10-25(24-17)18-7-5-4-6-8-18/h4-11,13,15,21H,12H2,1-3H3/t15-/m1/s1. The Balaban J connectivity index is 1.48. The van der Waals surface area contributed by atoms with Gasteiger partial charge in [-0.3, -0.25) is 0 Å². The fourth-order valence-electron chi connectivity index (χ4n) is 3.15. The zero-order chi connectivity index (χ0) is 18.1. The highest BCUT2D eigenvalue weighted by Crippen LogP contribution is 2.18. The van der Waals surface area contributed by atoms with Crippen LogP contribution in [0.3, 0.4) is 0 Å². The van der Waals surface area contributed by atoms with Gasteiger partial charge in [0.2, 0.25) is 0 Å². The van der Waals surface area contributed by atoms with Gasteiger partial charge in [-0.1, -0.05) is 18.2 Å². The van der Waals surface area contributed by atoms with Gasteiger partial charge in [0.25, 0.3) is 0 Å². The maximum Gasteiger partial charge on any atom is 0.155 e. The van der Waals surface area contributed by atoms with Crippen LogP contribution < -0.4 is 5.32 Å². The highest BCUT2D eigenvalue weighted by molar-refractivity contribution is 5.42. The molecule has 0 unspecified atom stereocenters. The number of rotatable bonds is 5. The maximum absolute atomic E-state index is 4.64. The predicted molar refractivity (Wildman–Crippen MR) is 101 cm³/mol. The smallest absolute Gasteiger partial charge is 0.155 e. The van der Waals surface area contributed by atoms with Gasteiger partial charge in [-0.2, -0.15) is 10.2 Å². The molecule has 4 aromatic rings. The first kappa shape index (κ1) is 16.5. The summed E-state index contributed by atoms with van der Waals surface area (Å²) in [5, 5.41) is 12.7.